The Hall–Kier alpha value is -0.220. The van der Waals surface area contributed by atoms with Crippen molar-refractivity contribution in [2.75, 3.05) is 13.7 Å². The summed E-state index contributed by atoms with van der Waals surface area (Å²) in [5.74, 6) is -0.222. The fourth-order valence-electron chi connectivity index (χ4n) is 2.62. The van der Waals surface area contributed by atoms with E-state index in [1.54, 1.807) is 0 Å². The molecule has 108 valence electrons. The van der Waals surface area contributed by atoms with Crippen molar-refractivity contribution in [1.29, 1.82) is 0 Å². The van der Waals surface area contributed by atoms with Gasteiger partial charge in [0, 0.05) is 13.7 Å². The lowest BCUT2D eigenvalue weighted by molar-refractivity contribution is -0.0635. The Bertz CT molecular complexity index is 226. The Morgan fingerprint density at radius 1 is 1.22 bits per heavy atom. The lowest BCUT2D eigenvalue weighted by Gasteiger charge is -2.34. The molecule has 0 aromatic carbocycles. The highest BCUT2D eigenvalue weighted by molar-refractivity contribution is 4.88. The molecule has 0 radical (unpaired) electrons. The Labute approximate surface area is 109 Å². The van der Waals surface area contributed by atoms with Gasteiger partial charge in [-0.2, -0.15) is 0 Å². The first-order valence-electron chi connectivity index (χ1n) is 7.02. The van der Waals surface area contributed by atoms with Crippen LogP contribution in [0.25, 0.3) is 0 Å². The third-order valence-electron chi connectivity index (χ3n) is 3.82. The third-order valence-corrected chi connectivity index (χ3v) is 3.82. The predicted octanol–water partition coefficient (Wildman–Crippen LogP) is 3.68. The summed E-state index contributed by atoms with van der Waals surface area (Å²) in [6.45, 7) is 4.66. The predicted molar refractivity (Wildman–Crippen MR) is 68.3 cm³/mol. The van der Waals surface area contributed by atoms with Gasteiger partial charge in [-0.15, -0.1) is 0 Å². The minimum atomic E-state index is -1.48. The Kier molecular flexibility index (Phi) is 7.08. The number of alkyl halides is 2. The van der Waals surface area contributed by atoms with Gasteiger partial charge in [0.25, 0.3) is 0 Å². The molecule has 18 heavy (non-hydrogen) atoms. The largest absolute Gasteiger partial charge is 0.378 e. The van der Waals surface area contributed by atoms with Gasteiger partial charge in [0.1, 0.15) is 6.17 Å². The van der Waals surface area contributed by atoms with E-state index in [2.05, 4.69) is 6.92 Å². The number of methoxy groups -OCH3 is 1. The molecule has 0 saturated heterocycles. The van der Waals surface area contributed by atoms with Gasteiger partial charge in [0.15, 0.2) is 6.17 Å². The number of rotatable bonds is 7. The zero-order valence-corrected chi connectivity index (χ0v) is 11.7. The van der Waals surface area contributed by atoms with E-state index in [-0.39, 0.29) is 12.0 Å². The van der Waals surface area contributed by atoms with Crippen molar-refractivity contribution in [3.8, 4) is 0 Å². The molecule has 0 aliphatic heterocycles. The van der Waals surface area contributed by atoms with Crippen LogP contribution in [0.4, 0.5) is 8.78 Å². The molecule has 0 aromatic rings. The molecule has 0 aromatic heterocycles. The molecule has 1 rings (SSSR count). The van der Waals surface area contributed by atoms with E-state index in [0.717, 1.165) is 12.8 Å². The van der Waals surface area contributed by atoms with E-state index in [1.165, 1.54) is 7.11 Å². The molecule has 0 N–H and O–H groups in total. The molecule has 0 heterocycles. The van der Waals surface area contributed by atoms with Crippen LogP contribution in [-0.2, 0) is 9.47 Å². The standard InChI is InChI=1S/C14H26F2O2/c1-4-5-10(2)18-9-8-11-6-7-12(17-3)14(16)13(11)15/h10-14H,4-9H2,1-3H3. The van der Waals surface area contributed by atoms with Crippen molar-refractivity contribution in [3.63, 3.8) is 0 Å². The van der Waals surface area contributed by atoms with Gasteiger partial charge in [0.2, 0.25) is 0 Å². The van der Waals surface area contributed by atoms with Crippen LogP contribution in [0.15, 0.2) is 0 Å². The van der Waals surface area contributed by atoms with E-state index in [1.807, 2.05) is 6.92 Å². The van der Waals surface area contributed by atoms with Crippen LogP contribution in [0.1, 0.15) is 46.0 Å². The van der Waals surface area contributed by atoms with Gasteiger partial charge in [-0.3, -0.25) is 0 Å². The van der Waals surface area contributed by atoms with Crippen LogP contribution in [0.2, 0.25) is 0 Å². The maximum absolute atomic E-state index is 13.8. The summed E-state index contributed by atoms with van der Waals surface area (Å²) in [4.78, 5) is 0. The SMILES string of the molecule is CCCC(C)OCCC1CCC(OC)C(F)C1F. The molecule has 0 bridgehead atoms. The van der Waals surface area contributed by atoms with Gasteiger partial charge >= 0.3 is 0 Å². The first-order valence-corrected chi connectivity index (χ1v) is 7.02. The summed E-state index contributed by atoms with van der Waals surface area (Å²) >= 11 is 0. The summed E-state index contributed by atoms with van der Waals surface area (Å²) < 4.78 is 38.1. The lowest BCUT2D eigenvalue weighted by atomic mass is 9.82. The van der Waals surface area contributed by atoms with Crippen molar-refractivity contribution in [3.05, 3.63) is 0 Å². The van der Waals surface area contributed by atoms with E-state index < -0.39 is 18.4 Å². The average Bonchev–Trinajstić information content (AvgIpc) is 2.35. The fraction of sp³-hybridized carbons (Fsp3) is 1.00. The van der Waals surface area contributed by atoms with E-state index in [0.29, 0.717) is 25.9 Å². The van der Waals surface area contributed by atoms with Crippen molar-refractivity contribution < 1.29 is 18.3 Å². The Balaban J connectivity index is 2.26. The Morgan fingerprint density at radius 3 is 2.56 bits per heavy atom. The topological polar surface area (TPSA) is 18.5 Å². The molecule has 2 nitrogen and oxygen atoms in total. The Morgan fingerprint density at radius 2 is 1.94 bits per heavy atom. The molecule has 1 aliphatic rings. The first kappa shape index (κ1) is 15.8. The summed E-state index contributed by atoms with van der Waals surface area (Å²) in [7, 11) is 1.44. The molecular weight excluding hydrogens is 238 g/mol. The minimum Gasteiger partial charge on any atom is -0.378 e. The lowest BCUT2D eigenvalue weighted by Crippen LogP contribution is -2.42. The van der Waals surface area contributed by atoms with Crippen LogP contribution in [0, 0.1) is 5.92 Å². The van der Waals surface area contributed by atoms with Gasteiger partial charge in [-0.25, -0.2) is 8.78 Å². The van der Waals surface area contributed by atoms with Gasteiger partial charge < -0.3 is 9.47 Å². The smallest absolute Gasteiger partial charge is 0.157 e. The van der Waals surface area contributed by atoms with Crippen molar-refractivity contribution in [2.24, 2.45) is 5.92 Å². The number of hydrogen-bond acceptors (Lipinski definition) is 2. The van der Waals surface area contributed by atoms with Crippen LogP contribution >= 0.6 is 0 Å². The fourth-order valence-corrected chi connectivity index (χ4v) is 2.62. The molecular formula is C14H26F2O2. The second-order valence-corrected chi connectivity index (χ2v) is 5.26. The normalized spacial score (nSPS) is 34.5. The molecule has 1 saturated carbocycles. The highest BCUT2D eigenvalue weighted by Crippen LogP contribution is 2.33. The zero-order valence-electron chi connectivity index (χ0n) is 11.7. The second-order valence-electron chi connectivity index (χ2n) is 5.26. The summed E-state index contributed by atoms with van der Waals surface area (Å²) in [5, 5.41) is 0. The minimum absolute atomic E-state index is 0.213. The maximum Gasteiger partial charge on any atom is 0.157 e. The van der Waals surface area contributed by atoms with Crippen LogP contribution < -0.4 is 0 Å². The van der Waals surface area contributed by atoms with Gasteiger partial charge in [0.05, 0.1) is 12.2 Å². The van der Waals surface area contributed by atoms with Gasteiger partial charge in [-0.1, -0.05) is 13.3 Å². The van der Waals surface area contributed by atoms with Crippen LogP contribution in [0.5, 0.6) is 0 Å². The average molecular weight is 264 g/mol. The molecule has 1 aliphatic carbocycles. The highest BCUT2D eigenvalue weighted by atomic mass is 19.2. The van der Waals surface area contributed by atoms with Crippen molar-refractivity contribution in [1.82, 2.24) is 0 Å². The molecule has 4 heteroatoms. The summed E-state index contributed by atoms with van der Waals surface area (Å²) in [6.07, 6.45) is 0.737. The maximum atomic E-state index is 13.8. The van der Waals surface area contributed by atoms with Crippen molar-refractivity contribution >= 4 is 0 Å². The number of hydrogen-bond donors (Lipinski definition) is 0. The number of ether oxygens (including phenoxy) is 2. The van der Waals surface area contributed by atoms with E-state index >= 15 is 0 Å². The van der Waals surface area contributed by atoms with E-state index in [9.17, 15) is 8.78 Å². The van der Waals surface area contributed by atoms with Gasteiger partial charge in [-0.05, 0) is 38.5 Å². The molecule has 0 amide bonds. The second kappa shape index (κ2) is 8.05. The first-order chi connectivity index (χ1) is 8.60. The van der Waals surface area contributed by atoms with Crippen molar-refractivity contribution in [2.45, 2.75) is 70.5 Å². The third kappa shape index (κ3) is 4.47. The molecule has 5 unspecified atom stereocenters. The number of halogens is 2. The monoisotopic (exact) mass is 264 g/mol. The van der Waals surface area contributed by atoms with Crippen LogP contribution in [-0.4, -0.2) is 38.3 Å². The van der Waals surface area contributed by atoms with E-state index in [4.69, 9.17) is 9.47 Å². The quantitative estimate of drug-likeness (QED) is 0.698. The zero-order chi connectivity index (χ0) is 13.5. The van der Waals surface area contributed by atoms with Crippen LogP contribution in [0.3, 0.4) is 0 Å². The molecule has 0 spiro atoms. The highest BCUT2D eigenvalue weighted by Gasteiger charge is 2.40. The molecule has 1 fully saturated rings. The molecule has 5 atom stereocenters. The summed E-state index contributed by atoms with van der Waals surface area (Å²) in [6, 6.07) is 0. The summed E-state index contributed by atoms with van der Waals surface area (Å²) in [5.41, 5.74) is 0.